The van der Waals surface area contributed by atoms with Crippen molar-refractivity contribution in [1.29, 1.82) is 0 Å². The number of carbonyl (C=O) groups is 1. The van der Waals surface area contributed by atoms with Crippen molar-refractivity contribution in [3.05, 3.63) is 42.6 Å². The maximum Gasteiger partial charge on any atom is 0.326 e. The Morgan fingerprint density at radius 3 is 2.57 bits per heavy atom. The molecule has 2 aromatic rings. The predicted octanol–water partition coefficient (Wildman–Crippen LogP) is 3.05. The molecule has 2 rings (SSSR count). The molecule has 0 saturated carbocycles. The van der Waals surface area contributed by atoms with Crippen LogP contribution < -0.4 is 5.32 Å². The minimum Gasteiger partial charge on any atom is -0.480 e. The lowest BCUT2D eigenvalue weighted by atomic mass is 10.0. The smallest absolute Gasteiger partial charge is 0.326 e. The van der Waals surface area contributed by atoms with E-state index in [4.69, 9.17) is 0 Å². The van der Waals surface area contributed by atoms with Crippen LogP contribution >= 0.6 is 0 Å². The number of hydrogen-bond acceptors (Lipinski definition) is 4. The minimum atomic E-state index is -0.872. The lowest BCUT2D eigenvalue weighted by molar-refractivity contribution is -0.138. The number of anilines is 1. The molecule has 0 saturated heterocycles. The van der Waals surface area contributed by atoms with Crippen LogP contribution in [0.1, 0.15) is 20.3 Å². The van der Waals surface area contributed by atoms with Crippen molar-refractivity contribution in [3.8, 4) is 11.4 Å². The second kappa shape index (κ2) is 6.83. The van der Waals surface area contributed by atoms with Crippen molar-refractivity contribution in [3.63, 3.8) is 0 Å². The summed E-state index contributed by atoms with van der Waals surface area (Å²) in [5.41, 5.74) is 0.900. The number of nitrogens with one attached hydrogen (secondary N) is 1. The highest BCUT2D eigenvalue weighted by atomic mass is 16.4. The van der Waals surface area contributed by atoms with Crippen LogP contribution in [0.2, 0.25) is 0 Å². The lowest BCUT2D eigenvalue weighted by Gasteiger charge is -2.17. The number of benzene rings is 1. The van der Waals surface area contributed by atoms with Gasteiger partial charge in [-0.05, 0) is 18.4 Å². The van der Waals surface area contributed by atoms with Crippen molar-refractivity contribution in [1.82, 2.24) is 9.97 Å². The zero-order valence-corrected chi connectivity index (χ0v) is 12.2. The average Bonchev–Trinajstić information content (AvgIpc) is 2.47. The molecule has 0 bridgehead atoms. The molecule has 5 nitrogen and oxygen atoms in total. The Bertz CT molecular complexity index is 599. The van der Waals surface area contributed by atoms with Gasteiger partial charge in [0.25, 0.3) is 0 Å². The van der Waals surface area contributed by atoms with Crippen LogP contribution in [-0.2, 0) is 4.79 Å². The monoisotopic (exact) mass is 285 g/mol. The summed E-state index contributed by atoms with van der Waals surface area (Å²) in [6, 6.07) is 10.6. The Morgan fingerprint density at radius 2 is 1.95 bits per heavy atom. The summed E-state index contributed by atoms with van der Waals surface area (Å²) in [6.45, 7) is 3.99. The van der Waals surface area contributed by atoms with Gasteiger partial charge >= 0.3 is 5.97 Å². The van der Waals surface area contributed by atoms with E-state index in [2.05, 4.69) is 15.3 Å². The minimum absolute atomic E-state index is 0.286. The van der Waals surface area contributed by atoms with Crippen molar-refractivity contribution in [2.45, 2.75) is 26.3 Å². The Kier molecular flexibility index (Phi) is 4.87. The molecular weight excluding hydrogens is 266 g/mol. The zero-order chi connectivity index (χ0) is 15.2. The van der Waals surface area contributed by atoms with Gasteiger partial charge in [-0.1, -0.05) is 44.2 Å². The number of carboxylic acids is 1. The summed E-state index contributed by atoms with van der Waals surface area (Å²) in [4.78, 5) is 19.9. The number of carboxylic acid groups (broad SMARTS) is 1. The fourth-order valence-corrected chi connectivity index (χ4v) is 2.04. The Morgan fingerprint density at radius 1 is 1.24 bits per heavy atom. The van der Waals surface area contributed by atoms with E-state index in [0.717, 1.165) is 5.56 Å². The molecule has 0 aliphatic carbocycles. The predicted molar refractivity (Wildman–Crippen MR) is 82.0 cm³/mol. The molecule has 0 fully saturated rings. The van der Waals surface area contributed by atoms with Crippen LogP contribution in [0.25, 0.3) is 11.4 Å². The second-order valence-corrected chi connectivity index (χ2v) is 5.30. The summed E-state index contributed by atoms with van der Waals surface area (Å²) >= 11 is 0. The van der Waals surface area contributed by atoms with Crippen LogP contribution in [-0.4, -0.2) is 27.1 Å². The van der Waals surface area contributed by atoms with Gasteiger partial charge < -0.3 is 10.4 Å². The van der Waals surface area contributed by atoms with Gasteiger partial charge in [-0.25, -0.2) is 14.8 Å². The molecule has 1 heterocycles. The van der Waals surface area contributed by atoms with Crippen LogP contribution in [0.4, 0.5) is 5.82 Å². The van der Waals surface area contributed by atoms with E-state index in [1.54, 1.807) is 12.3 Å². The zero-order valence-electron chi connectivity index (χ0n) is 12.2. The highest BCUT2D eigenvalue weighted by Gasteiger charge is 2.19. The molecule has 1 aromatic heterocycles. The summed E-state index contributed by atoms with van der Waals surface area (Å²) in [5, 5.41) is 12.2. The first-order valence-electron chi connectivity index (χ1n) is 6.94. The van der Waals surface area contributed by atoms with Gasteiger partial charge in [-0.15, -0.1) is 0 Å². The molecule has 0 aliphatic rings. The van der Waals surface area contributed by atoms with E-state index >= 15 is 0 Å². The Balaban J connectivity index is 2.19. The van der Waals surface area contributed by atoms with E-state index in [0.29, 0.717) is 18.1 Å². The van der Waals surface area contributed by atoms with Crippen molar-refractivity contribution >= 4 is 11.8 Å². The molecule has 0 aliphatic heterocycles. The van der Waals surface area contributed by atoms with Crippen molar-refractivity contribution in [2.75, 3.05) is 5.32 Å². The number of aromatic nitrogens is 2. The van der Waals surface area contributed by atoms with Crippen LogP contribution in [0.5, 0.6) is 0 Å². The highest BCUT2D eigenvalue weighted by molar-refractivity contribution is 5.77. The van der Waals surface area contributed by atoms with E-state index in [1.807, 2.05) is 44.2 Å². The SMILES string of the molecule is CC(C)C[C@@H](Nc1ccnc(-c2ccccc2)n1)C(=O)O. The third-order valence-electron chi connectivity index (χ3n) is 3.01. The summed E-state index contributed by atoms with van der Waals surface area (Å²) in [6.07, 6.45) is 2.17. The maximum atomic E-state index is 11.3. The van der Waals surface area contributed by atoms with Crippen LogP contribution in [0.3, 0.4) is 0 Å². The first-order chi connectivity index (χ1) is 10.1. The fraction of sp³-hybridized carbons (Fsp3) is 0.312. The van der Waals surface area contributed by atoms with Crippen molar-refractivity contribution in [2.24, 2.45) is 5.92 Å². The molecular formula is C16H19N3O2. The van der Waals surface area contributed by atoms with E-state index in [1.165, 1.54) is 0 Å². The van der Waals surface area contributed by atoms with Gasteiger partial charge in [-0.2, -0.15) is 0 Å². The lowest BCUT2D eigenvalue weighted by Crippen LogP contribution is -2.31. The molecule has 0 spiro atoms. The third-order valence-corrected chi connectivity index (χ3v) is 3.01. The highest BCUT2D eigenvalue weighted by Crippen LogP contribution is 2.17. The number of nitrogens with zero attached hydrogens (tertiary/aromatic N) is 2. The van der Waals surface area contributed by atoms with Gasteiger partial charge in [0.05, 0.1) is 0 Å². The van der Waals surface area contributed by atoms with E-state index in [-0.39, 0.29) is 5.92 Å². The Labute approximate surface area is 124 Å². The molecule has 1 aromatic carbocycles. The molecule has 0 amide bonds. The van der Waals surface area contributed by atoms with Gasteiger partial charge in [-0.3, -0.25) is 0 Å². The Hall–Kier alpha value is -2.43. The quantitative estimate of drug-likeness (QED) is 0.853. The fourth-order valence-electron chi connectivity index (χ4n) is 2.04. The van der Waals surface area contributed by atoms with Crippen molar-refractivity contribution < 1.29 is 9.90 Å². The van der Waals surface area contributed by atoms with Gasteiger partial charge in [0.2, 0.25) is 0 Å². The first-order valence-corrected chi connectivity index (χ1v) is 6.94. The standard InChI is InChI=1S/C16H19N3O2/c1-11(2)10-13(16(20)21)18-14-8-9-17-15(19-14)12-6-4-3-5-7-12/h3-9,11,13H,10H2,1-2H3,(H,20,21)(H,17,18,19)/t13-/m1/s1. The van der Waals surface area contributed by atoms with E-state index in [9.17, 15) is 9.90 Å². The number of rotatable bonds is 6. The van der Waals surface area contributed by atoms with Gasteiger partial charge in [0, 0.05) is 11.8 Å². The molecule has 1 atom stereocenters. The van der Waals surface area contributed by atoms with Gasteiger partial charge in [0.1, 0.15) is 11.9 Å². The molecule has 5 heteroatoms. The third kappa shape index (κ3) is 4.27. The van der Waals surface area contributed by atoms with E-state index < -0.39 is 12.0 Å². The number of aliphatic carboxylic acids is 1. The summed E-state index contributed by atoms with van der Waals surface area (Å²) < 4.78 is 0. The normalized spacial score (nSPS) is 12.1. The number of hydrogen-bond donors (Lipinski definition) is 2. The van der Waals surface area contributed by atoms with Gasteiger partial charge in [0.15, 0.2) is 5.82 Å². The van der Waals surface area contributed by atoms with Crippen LogP contribution in [0.15, 0.2) is 42.6 Å². The van der Waals surface area contributed by atoms with Crippen LogP contribution in [0, 0.1) is 5.92 Å². The molecule has 0 radical (unpaired) electrons. The maximum absolute atomic E-state index is 11.3. The first kappa shape index (κ1) is 15.0. The topological polar surface area (TPSA) is 75.1 Å². The largest absolute Gasteiger partial charge is 0.480 e. The molecule has 21 heavy (non-hydrogen) atoms. The second-order valence-electron chi connectivity index (χ2n) is 5.30. The summed E-state index contributed by atoms with van der Waals surface area (Å²) in [7, 11) is 0. The molecule has 110 valence electrons. The molecule has 2 N–H and O–H groups in total. The summed E-state index contributed by atoms with van der Waals surface area (Å²) in [5.74, 6) is 0.517. The average molecular weight is 285 g/mol. The molecule has 0 unspecified atom stereocenters.